The van der Waals surface area contributed by atoms with Crippen LogP contribution in [-0.2, 0) is 16.4 Å². The maximum absolute atomic E-state index is 12.2. The molecule has 2 N–H and O–H groups in total. The lowest BCUT2D eigenvalue weighted by Crippen LogP contribution is -2.33. The van der Waals surface area contributed by atoms with Crippen molar-refractivity contribution in [1.82, 2.24) is 4.72 Å². The number of sulfonamides is 1. The highest BCUT2D eigenvalue weighted by Crippen LogP contribution is 2.14. The van der Waals surface area contributed by atoms with Crippen LogP contribution >= 0.6 is 11.3 Å². The lowest BCUT2D eigenvalue weighted by molar-refractivity contribution is 0.0696. The molecular formula is C14H15NO4S2. The number of aromatic carboxylic acids is 1. The number of hydrogen-bond donors (Lipinski definition) is 2. The second-order valence-corrected chi connectivity index (χ2v) is 7.38. The van der Waals surface area contributed by atoms with Crippen LogP contribution in [0.3, 0.4) is 0 Å². The number of carboxylic acid groups (broad SMARTS) is 1. The van der Waals surface area contributed by atoms with Crippen LogP contribution in [0.25, 0.3) is 0 Å². The van der Waals surface area contributed by atoms with Crippen molar-refractivity contribution in [2.75, 3.05) is 0 Å². The van der Waals surface area contributed by atoms with E-state index in [1.165, 1.54) is 24.3 Å². The van der Waals surface area contributed by atoms with Gasteiger partial charge < -0.3 is 5.11 Å². The molecule has 0 aliphatic carbocycles. The molecule has 2 aromatic rings. The van der Waals surface area contributed by atoms with Crippen LogP contribution in [0, 0.1) is 0 Å². The summed E-state index contributed by atoms with van der Waals surface area (Å²) in [6.45, 7) is 1.79. The molecule has 1 aromatic heterocycles. The molecule has 0 spiro atoms. The first-order valence-electron chi connectivity index (χ1n) is 6.26. The Morgan fingerprint density at radius 1 is 1.29 bits per heavy atom. The van der Waals surface area contributed by atoms with Gasteiger partial charge in [0, 0.05) is 10.9 Å². The average Bonchev–Trinajstić information content (AvgIpc) is 2.90. The van der Waals surface area contributed by atoms with E-state index in [-0.39, 0.29) is 16.5 Å². The Labute approximate surface area is 127 Å². The fourth-order valence-corrected chi connectivity index (χ4v) is 3.96. The first kappa shape index (κ1) is 15.7. The van der Waals surface area contributed by atoms with E-state index in [2.05, 4.69) is 4.72 Å². The molecule has 1 atom stereocenters. The number of hydrogen-bond acceptors (Lipinski definition) is 4. The van der Waals surface area contributed by atoms with Gasteiger partial charge >= 0.3 is 5.97 Å². The van der Waals surface area contributed by atoms with Gasteiger partial charge in [-0.3, -0.25) is 0 Å². The summed E-state index contributed by atoms with van der Waals surface area (Å²) in [4.78, 5) is 11.9. The highest BCUT2D eigenvalue weighted by Gasteiger charge is 2.18. The summed E-state index contributed by atoms with van der Waals surface area (Å²) in [5.41, 5.74) is 0.0561. The summed E-state index contributed by atoms with van der Waals surface area (Å²) in [5, 5.41) is 10.7. The third-order valence-corrected chi connectivity index (χ3v) is 5.36. The normalized spacial score (nSPS) is 13.0. The Morgan fingerprint density at radius 3 is 2.48 bits per heavy atom. The molecule has 0 saturated carbocycles. The van der Waals surface area contributed by atoms with Crippen LogP contribution in [0.5, 0.6) is 0 Å². The number of nitrogens with one attached hydrogen (secondary N) is 1. The molecule has 2 rings (SSSR count). The highest BCUT2D eigenvalue weighted by molar-refractivity contribution is 7.89. The summed E-state index contributed by atoms with van der Waals surface area (Å²) < 4.78 is 27.0. The Balaban J connectivity index is 2.08. The van der Waals surface area contributed by atoms with Crippen molar-refractivity contribution in [1.29, 1.82) is 0 Å². The summed E-state index contributed by atoms with van der Waals surface area (Å²) in [6, 6.07) is 8.78. The van der Waals surface area contributed by atoms with Crippen molar-refractivity contribution in [2.45, 2.75) is 24.3 Å². The van der Waals surface area contributed by atoms with Crippen molar-refractivity contribution in [3.05, 3.63) is 52.2 Å². The molecule has 0 aliphatic rings. The van der Waals surface area contributed by atoms with Crippen LogP contribution in [0.2, 0.25) is 0 Å². The number of thiophene rings is 1. The van der Waals surface area contributed by atoms with Crippen LogP contribution in [0.15, 0.2) is 46.7 Å². The molecule has 0 aliphatic heterocycles. The molecule has 21 heavy (non-hydrogen) atoms. The van der Waals surface area contributed by atoms with E-state index in [0.717, 1.165) is 4.88 Å². The van der Waals surface area contributed by atoms with Crippen molar-refractivity contribution in [3.8, 4) is 0 Å². The standard InChI is InChI=1S/C14H15NO4S2/c1-10(9-12-3-2-8-20-12)15-21(18,19)13-6-4-11(5-7-13)14(16)17/h2-8,10,15H,9H2,1H3,(H,16,17). The third kappa shape index (κ3) is 4.13. The van der Waals surface area contributed by atoms with Gasteiger partial charge in [-0.15, -0.1) is 11.3 Å². The first-order valence-corrected chi connectivity index (χ1v) is 8.63. The Hall–Kier alpha value is -1.70. The molecule has 0 fully saturated rings. The van der Waals surface area contributed by atoms with Crippen molar-refractivity contribution < 1.29 is 18.3 Å². The topological polar surface area (TPSA) is 83.5 Å². The Bertz CT molecular complexity index is 706. The second kappa shape index (κ2) is 6.38. The minimum absolute atomic E-state index is 0.0561. The van der Waals surface area contributed by atoms with Gasteiger partial charge in [0.1, 0.15) is 0 Å². The van der Waals surface area contributed by atoms with Gasteiger partial charge in [-0.1, -0.05) is 6.07 Å². The van der Waals surface area contributed by atoms with Gasteiger partial charge in [-0.05, 0) is 49.1 Å². The van der Waals surface area contributed by atoms with Crippen LogP contribution < -0.4 is 4.72 Å². The number of rotatable bonds is 6. The predicted octanol–water partition coefficient (Wildman–Crippen LogP) is 2.36. The molecule has 0 bridgehead atoms. The van der Waals surface area contributed by atoms with Crippen molar-refractivity contribution in [3.63, 3.8) is 0 Å². The SMILES string of the molecule is CC(Cc1cccs1)NS(=O)(=O)c1ccc(C(=O)O)cc1. The second-order valence-electron chi connectivity index (χ2n) is 4.64. The van der Waals surface area contributed by atoms with E-state index in [0.29, 0.717) is 6.42 Å². The summed E-state index contributed by atoms with van der Waals surface area (Å²) in [6.07, 6.45) is 0.615. The Morgan fingerprint density at radius 2 is 1.95 bits per heavy atom. The predicted molar refractivity (Wildman–Crippen MR) is 81.2 cm³/mol. The third-order valence-electron chi connectivity index (χ3n) is 2.86. The Kier molecular flexibility index (Phi) is 4.76. The number of carbonyl (C=O) groups is 1. The zero-order valence-electron chi connectivity index (χ0n) is 11.3. The highest BCUT2D eigenvalue weighted by atomic mass is 32.2. The fourth-order valence-electron chi connectivity index (χ4n) is 1.88. The van der Waals surface area contributed by atoms with Gasteiger partial charge in [0.15, 0.2) is 0 Å². The van der Waals surface area contributed by atoms with Gasteiger partial charge in [-0.25, -0.2) is 17.9 Å². The smallest absolute Gasteiger partial charge is 0.335 e. The van der Waals surface area contributed by atoms with E-state index >= 15 is 0 Å². The van der Waals surface area contributed by atoms with E-state index in [1.807, 2.05) is 17.5 Å². The van der Waals surface area contributed by atoms with Crippen molar-refractivity contribution >= 4 is 27.3 Å². The van der Waals surface area contributed by atoms with Gasteiger partial charge in [0.2, 0.25) is 10.0 Å². The molecule has 112 valence electrons. The molecular weight excluding hydrogens is 310 g/mol. The van der Waals surface area contributed by atoms with Crippen LogP contribution in [0.4, 0.5) is 0 Å². The molecule has 0 amide bonds. The van der Waals surface area contributed by atoms with Crippen LogP contribution in [0.1, 0.15) is 22.2 Å². The van der Waals surface area contributed by atoms with Gasteiger partial charge in [0.25, 0.3) is 0 Å². The van der Waals surface area contributed by atoms with Gasteiger partial charge in [-0.2, -0.15) is 0 Å². The quantitative estimate of drug-likeness (QED) is 0.854. The zero-order chi connectivity index (χ0) is 15.5. The minimum Gasteiger partial charge on any atom is -0.478 e. The summed E-state index contributed by atoms with van der Waals surface area (Å²) in [7, 11) is -3.64. The van der Waals surface area contributed by atoms with Gasteiger partial charge in [0.05, 0.1) is 10.5 Å². The molecule has 7 heteroatoms. The average molecular weight is 325 g/mol. The van der Waals surface area contributed by atoms with E-state index in [4.69, 9.17) is 5.11 Å². The first-order chi connectivity index (χ1) is 9.88. The van der Waals surface area contributed by atoms with E-state index in [1.54, 1.807) is 18.3 Å². The fraction of sp³-hybridized carbons (Fsp3) is 0.214. The summed E-state index contributed by atoms with van der Waals surface area (Å²) in [5.74, 6) is -1.09. The molecule has 0 radical (unpaired) electrons. The zero-order valence-corrected chi connectivity index (χ0v) is 12.9. The minimum atomic E-state index is -3.64. The lowest BCUT2D eigenvalue weighted by Gasteiger charge is -2.13. The number of benzene rings is 1. The monoisotopic (exact) mass is 325 g/mol. The maximum atomic E-state index is 12.2. The number of carboxylic acids is 1. The lowest BCUT2D eigenvalue weighted by atomic mass is 10.2. The maximum Gasteiger partial charge on any atom is 0.335 e. The molecule has 0 saturated heterocycles. The largest absolute Gasteiger partial charge is 0.478 e. The molecule has 1 unspecified atom stereocenters. The molecule has 1 heterocycles. The molecule has 5 nitrogen and oxygen atoms in total. The van der Waals surface area contributed by atoms with E-state index < -0.39 is 16.0 Å². The van der Waals surface area contributed by atoms with Crippen molar-refractivity contribution in [2.24, 2.45) is 0 Å². The van der Waals surface area contributed by atoms with Crippen LogP contribution in [-0.4, -0.2) is 25.5 Å². The summed E-state index contributed by atoms with van der Waals surface area (Å²) >= 11 is 1.58. The molecule has 1 aromatic carbocycles. The van der Waals surface area contributed by atoms with E-state index in [9.17, 15) is 13.2 Å².